The number of Topliss-reactive ketones (excluding diaryl/α,β-unsaturated/α-hetero) is 1. The summed E-state index contributed by atoms with van der Waals surface area (Å²) in [5, 5.41) is 1.54. The van der Waals surface area contributed by atoms with Gasteiger partial charge in [-0.05, 0) is 72.2 Å². The van der Waals surface area contributed by atoms with Crippen LogP contribution in [0.1, 0.15) is 21.7 Å². The van der Waals surface area contributed by atoms with Gasteiger partial charge >= 0.3 is 0 Å². The summed E-state index contributed by atoms with van der Waals surface area (Å²) in [6, 6.07) is 12.4. The fourth-order valence-electron chi connectivity index (χ4n) is 2.88. The van der Waals surface area contributed by atoms with Crippen molar-refractivity contribution in [3.63, 3.8) is 0 Å². The van der Waals surface area contributed by atoms with Crippen LogP contribution in [0.15, 0.2) is 46.9 Å². The smallest absolute Gasteiger partial charge is 0.202 e. The highest BCUT2D eigenvalue weighted by Crippen LogP contribution is 2.29. The van der Waals surface area contributed by atoms with Gasteiger partial charge in [-0.2, -0.15) is 0 Å². The van der Waals surface area contributed by atoms with Crippen LogP contribution in [-0.2, 0) is 0 Å². The zero-order valence-electron chi connectivity index (χ0n) is 14.5. The lowest BCUT2D eigenvalue weighted by Crippen LogP contribution is -2.13. The monoisotopic (exact) mass is 485 g/mol. The number of ketones is 1. The second-order valence-electron chi connectivity index (χ2n) is 6.01. The standard InChI is InChI=1S/C20H15BrCl3NO2/c1-11-7-15(12(2)25(11)14-4-5-17(23)18(24)9-14)19(26)10-27-20-6-3-13(22)8-16(20)21/h3-9H,10H2,1-2H3. The van der Waals surface area contributed by atoms with Crippen LogP contribution in [0, 0.1) is 13.8 Å². The van der Waals surface area contributed by atoms with Crippen molar-refractivity contribution in [3.8, 4) is 11.4 Å². The van der Waals surface area contributed by atoms with Gasteiger partial charge in [-0.1, -0.05) is 34.8 Å². The molecule has 3 nitrogen and oxygen atoms in total. The lowest BCUT2D eigenvalue weighted by molar-refractivity contribution is 0.0920. The lowest BCUT2D eigenvalue weighted by atomic mass is 10.1. The van der Waals surface area contributed by atoms with E-state index >= 15 is 0 Å². The van der Waals surface area contributed by atoms with Gasteiger partial charge < -0.3 is 9.30 Å². The molecule has 0 unspecified atom stereocenters. The number of hydrogen-bond donors (Lipinski definition) is 0. The lowest BCUT2D eigenvalue weighted by Gasteiger charge is -2.11. The largest absolute Gasteiger partial charge is 0.484 e. The fourth-order valence-corrected chi connectivity index (χ4v) is 3.97. The number of halogens is 4. The summed E-state index contributed by atoms with van der Waals surface area (Å²) in [5.74, 6) is 0.447. The minimum Gasteiger partial charge on any atom is -0.484 e. The Bertz CT molecular complexity index is 1030. The maximum absolute atomic E-state index is 12.7. The second kappa shape index (κ2) is 8.27. The summed E-state index contributed by atoms with van der Waals surface area (Å²) < 4.78 is 8.31. The SMILES string of the molecule is Cc1cc(C(=O)COc2ccc(Cl)cc2Br)c(C)n1-c1ccc(Cl)c(Cl)c1. The molecule has 27 heavy (non-hydrogen) atoms. The molecule has 0 radical (unpaired) electrons. The highest BCUT2D eigenvalue weighted by atomic mass is 79.9. The Morgan fingerprint density at radius 1 is 1.04 bits per heavy atom. The van der Waals surface area contributed by atoms with Crippen molar-refractivity contribution >= 4 is 56.5 Å². The minimum absolute atomic E-state index is 0.0775. The van der Waals surface area contributed by atoms with Crippen molar-refractivity contribution in [3.05, 3.63) is 79.0 Å². The maximum atomic E-state index is 12.7. The van der Waals surface area contributed by atoms with Crippen molar-refractivity contribution in [2.75, 3.05) is 6.61 Å². The molecular formula is C20H15BrCl3NO2. The predicted octanol–water partition coefficient (Wildman–Crippen LogP) is 7.08. The molecule has 0 atom stereocenters. The number of hydrogen-bond acceptors (Lipinski definition) is 2. The van der Waals surface area contributed by atoms with Gasteiger partial charge in [-0.15, -0.1) is 0 Å². The Labute approximate surface area is 180 Å². The molecule has 0 saturated heterocycles. The molecule has 140 valence electrons. The highest BCUT2D eigenvalue weighted by molar-refractivity contribution is 9.10. The third-order valence-electron chi connectivity index (χ3n) is 4.15. The van der Waals surface area contributed by atoms with Gasteiger partial charge in [-0.3, -0.25) is 4.79 Å². The molecule has 0 aliphatic rings. The minimum atomic E-state index is -0.115. The van der Waals surface area contributed by atoms with Crippen LogP contribution in [0.25, 0.3) is 5.69 Å². The molecule has 2 aromatic carbocycles. The third kappa shape index (κ3) is 4.35. The van der Waals surface area contributed by atoms with Gasteiger partial charge in [0.1, 0.15) is 5.75 Å². The summed E-state index contributed by atoms with van der Waals surface area (Å²) in [5.41, 5.74) is 3.18. The van der Waals surface area contributed by atoms with E-state index < -0.39 is 0 Å². The first-order chi connectivity index (χ1) is 12.8. The van der Waals surface area contributed by atoms with E-state index in [4.69, 9.17) is 39.5 Å². The number of carbonyl (C=O) groups is 1. The number of rotatable bonds is 5. The quantitative estimate of drug-likeness (QED) is 0.360. The predicted molar refractivity (Wildman–Crippen MR) is 114 cm³/mol. The molecule has 7 heteroatoms. The van der Waals surface area contributed by atoms with Gasteiger partial charge in [-0.25, -0.2) is 0 Å². The van der Waals surface area contributed by atoms with E-state index in [2.05, 4.69) is 15.9 Å². The fraction of sp³-hybridized carbons (Fsp3) is 0.150. The van der Waals surface area contributed by atoms with Crippen molar-refractivity contribution in [1.29, 1.82) is 0 Å². The number of aromatic nitrogens is 1. The molecule has 0 aliphatic heterocycles. The Balaban J connectivity index is 1.84. The average Bonchev–Trinajstić information content (AvgIpc) is 2.91. The van der Waals surface area contributed by atoms with Crippen molar-refractivity contribution in [2.24, 2.45) is 0 Å². The molecule has 0 spiro atoms. The number of ether oxygens (including phenoxy) is 1. The Morgan fingerprint density at radius 2 is 1.78 bits per heavy atom. The molecule has 3 rings (SSSR count). The molecule has 0 amide bonds. The Morgan fingerprint density at radius 3 is 2.44 bits per heavy atom. The normalized spacial score (nSPS) is 10.9. The molecule has 0 N–H and O–H groups in total. The summed E-state index contributed by atoms with van der Waals surface area (Å²) in [4.78, 5) is 12.7. The van der Waals surface area contributed by atoms with Crippen molar-refractivity contribution < 1.29 is 9.53 Å². The van der Waals surface area contributed by atoms with E-state index in [9.17, 15) is 4.79 Å². The third-order valence-corrected chi connectivity index (χ3v) is 5.74. The van der Waals surface area contributed by atoms with Crippen molar-refractivity contribution in [1.82, 2.24) is 4.57 Å². The highest BCUT2D eigenvalue weighted by Gasteiger charge is 2.18. The summed E-state index contributed by atoms with van der Waals surface area (Å²) in [7, 11) is 0. The summed E-state index contributed by atoms with van der Waals surface area (Å²) in [6.07, 6.45) is 0. The topological polar surface area (TPSA) is 31.2 Å². The summed E-state index contributed by atoms with van der Waals surface area (Å²) in [6.45, 7) is 3.75. The maximum Gasteiger partial charge on any atom is 0.202 e. The van der Waals surface area contributed by atoms with Crippen LogP contribution in [-0.4, -0.2) is 17.0 Å². The molecule has 0 saturated carbocycles. The first kappa shape index (κ1) is 20.3. The second-order valence-corrected chi connectivity index (χ2v) is 8.11. The molecule has 0 fully saturated rings. The Hall–Kier alpha value is -1.46. The van der Waals surface area contributed by atoms with E-state index in [-0.39, 0.29) is 12.4 Å². The first-order valence-corrected chi connectivity index (χ1v) is 9.96. The van der Waals surface area contributed by atoms with Gasteiger partial charge in [0.2, 0.25) is 5.78 Å². The van der Waals surface area contributed by atoms with Crippen molar-refractivity contribution in [2.45, 2.75) is 13.8 Å². The van der Waals surface area contributed by atoms with Crippen LogP contribution in [0.2, 0.25) is 15.1 Å². The van der Waals surface area contributed by atoms with E-state index in [1.165, 1.54) is 0 Å². The van der Waals surface area contributed by atoms with Crippen LogP contribution < -0.4 is 4.74 Å². The zero-order chi connectivity index (χ0) is 19.7. The van der Waals surface area contributed by atoms with Gasteiger partial charge in [0, 0.05) is 27.7 Å². The van der Waals surface area contributed by atoms with Crippen LogP contribution >= 0.6 is 50.7 Å². The first-order valence-electron chi connectivity index (χ1n) is 8.03. The van der Waals surface area contributed by atoms with E-state index in [1.54, 1.807) is 30.3 Å². The van der Waals surface area contributed by atoms with Gasteiger partial charge in [0.15, 0.2) is 6.61 Å². The average molecular weight is 488 g/mol. The molecular weight excluding hydrogens is 472 g/mol. The number of benzene rings is 2. The number of nitrogens with zero attached hydrogens (tertiary/aromatic N) is 1. The van der Waals surface area contributed by atoms with E-state index in [0.717, 1.165) is 17.1 Å². The molecule has 3 aromatic rings. The molecule has 0 bridgehead atoms. The van der Waals surface area contributed by atoms with Gasteiger partial charge in [0.05, 0.1) is 14.5 Å². The molecule has 1 heterocycles. The molecule has 0 aliphatic carbocycles. The zero-order valence-corrected chi connectivity index (χ0v) is 18.4. The Kier molecular flexibility index (Phi) is 6.21. The number of aryl methyl sites for hydroxylation is 1. The van der Waals surface area contributed by atoms with Crippen LogP contribution in [0.5, 0.6) is 5.75 Å². The van der Waals surface area contributed by atoms with Gasteiger partial charge in [0.25, 0.3) is 0 Å². The summed E-state index contributed by atoms with van der Waals surface area (Å²) >= 11 is 21.4. The number of carbonyl (C=O) groups excluding carboxylic acids is 1. The van der Waals surface area contributed by atoms with Crippen LogP contribution in [0.3, 0.4) is 0 Å². The van der Waals surface area contributed by atoms with E-state index in [1.807, 2.05) is 30.5 Å². The van der Waals surface area contributed by atoms with E-state index in [0.29, 0.717) is 30.9 Å². The molecule has 1 aromatic heterocycles. The van der Waals surface area contributed by atoms with Crippen LogP contribution in [0.4, 0.5) is 0 Å².